The predicted molar refractivity (Wildman–Crippen MR) is 79.9 cm³/mol. The van der Waals surface area contributed by atoms with Crippen molar-refractivity contribution in [2.75, 3.05) is 6.54 Å². The molecule has 0 amide bonds. The summed E-state index contributed by atoms with van der Waals surface area (Å²) >= 11 is 5.99. The first-order valence-corrected chi connectivity index (χ1v) is 6.89. The highest BCUT2D eigenvalue weighted by molar-refractivity contribution is 6.31. The summed E-state index contributed by atoms with van der Waals surface area (Å²) in [5.74, 6) is 0. The molecule has 0 aromatic heterocycles. The molecule has 1 unspecified atom stereocenters. The fourth-order valence-electron chi connectivity index (χ4n) is 2.04. The Labute approximate surface area is 124 Å². The van der Waals surface area contributed by atoms with Crippen LogP contribution < -0.4 is 5.32 Å². The van der Waals surface area contributed by atoms with E-state index < -0.39 is 11.0 Å². The van der Waals surface area contributed by atoms with E-state index in [0.717, 1.165) is 0 Å². The summed E-state index contributed by atoms with van der Waals surface area (Å²) < 4.78 is 0. The Morgan fingerprint density at radius 3 is 2.65 bits per heavy atom. The van der Waals surface area contributed by atoms with Crippen LogP contribution in [-0.2, 0) is 6.54 Å². The molecule has 1 atom stereocenters. The number of nitrogens with one attached hydrogen (secondary N) is 1. The van der Waals surface area contributed by atoms with Crippen molar-refractivity contribution < 1.29 is 10.0 Å². The van der Waals surface area contributed by atoms with E-state index in [9.17, 15) is 15.2 Å². The van der Waals surface area contributed by atoms with Crippen LogP contribution in [0.3, 0.4) is 0 Å². The molecule has 1 rings (SSSR count). The average Bonchev–Trinajstić information content (AvgIpc) is 2.28. The van der Waals surface area contributed by atoms with Gasteiger partial charge in [-0.25, -0.2) is 0 Å². The van der Waals surface area contributed by atoms with E-state index in [1.807, 2.05) is 0 Å². The summed E-state index contributed by atoms with van der Waals surface area (Å²) in [5, 5.41) is 24.2. The maximum atomic E-state index is 10.9. The first-order chi connectivity index (χ1) is 9.20. The number of nitro benzene ring substituents is 1. The molecular weight excluding hydrogens is 280 g/mol. The summed E-state index contributed by atoms with van der Waals surface area (Å²) in [7, 11) is 0. The van der Waals surface area contributed by atoms with Gasteiger partial charge in [0, 0.05) is 19.2 Å². The van der Waals surface area contributed by atoms with Gasteiger partial charge >= 0.3 is 0 Å². The van der Waals surface area contributed by atoms with Crippen LogP contribution in [0.15, 0.2) is 18.2 Å². The van der Waals surface area contributed by atoms with Gasteiger partial charge in [-0.3, -0.25) is 10.1 Å². The van der Waals surface area contributed by atoms with Crippen LogP contribution in [0.2, 0.25) is 5.02 Å². The van der Waals surface area contributed by atoms with Gasteiger partial charge in [0.2, 0.25) is 0 Å². The molecule has 20 heavy (non-hydrogen) atoms. The Kier molecular flexibility index (Phi) is 5.92. The normalized spacial score (nSPS) is 13.2. The van der Waals surface area contributed by atoms with Crippen molar-refractivity contribution in [2.45, 2.75) is 39.8 Å². The summed E-state index contributed by atoms with van der Waals surface area (Å²) in [6.07, 6.45) is 0.168. The zero-order chi connectivity index (χ0) is 15.3. The smallest absolute Gasteiger partial charge is 0.275 e. The molecule has 1 aromatic rings. The molecule has 5 nitrogen and oxygen atoms in total. The Bertz CT molecular complexity index is 472. The van der Waals surface area contributed by atoms with Gasteiger partial charge in [-0.05, 0) is 17.9 Å². The monoisotopic (exact) mass is 300 g/mol. The molecule has 0 spiro atoms. The summed E-state index contributed by atoms with van der Waals surface area (Å²) in [6.45, 7) is 6.79. The first kappa shape index (κ1) is 16.9. The number of halogens is 1. The Morgan fingerprint density at radius 1 is 1.45 bits per heavy atom. The fraction of sp³-hybridized carbons (Fsp3) is 0.571. The quantitative estimate of drug-likeness (QED) is 0.625. The summed E-state index contributed by atoms with van der Waals surface area (Å²) in [4.78, 5) is 10.5. The van der Waals surface area contributed by atoms with Crippen molar-refractivity contribution in [2.24, 2.45) is 5.41 Å². The van der Waals surface area contributed by atoms with Gasteiger partial charge < -0.3 is 10.4 Å². The lowest BCUT2D eigenvalue weighted by atomic mass is 9.89. The van der Waals surface area contributed by atoms with E-state index >= 15 is 0 Å². The molecule has 0 fully saturated rings. The Balaban J connectivity index is 2.60. The minimum Gasteiger partial charge on any atom is -0.392 e. The molecule has 0 heterocycles. The fourth-order valence-corrected chi connectivity index (χ4v) is 2.27. The zero-order valence-corrected chi connectivity index (χ0v) is 12.8. The molecule has 6 heteroatoms. The van der Waals surface area contributed by atoms with Gasteiger partial charge in [0.1, 0.15) is 0 Å². The Morgan fingerprint density at radius 2 is 2.10 bits per heavy atom. The van der Waals surface area contributed by atoms with Crippen molar-refractivity contribution in [1.82, 2.24) is 5.32 Å². The lowest BCUT2D eigenvalue weighted by Crippen LogP contribution is -2.30. The molecule has 2 N–H and O–H groups in total. The van der Waals surface area contributed by atoms with E-state index in [0.29, 0.717) is 23.6 Å². The third-order valence-electron chi connectivity index (χ3n) is 2.82. The molecule has 0 saturated carbocycles. The van der Waals surface area contributed by atoms with Crippen molar-refractivity contribution in [3.63, 3.8) is 0 Å². The molecule has 0 aliphatic heterocycles. The van der Waals surface area contributed by atoms with Crippen molar-refractivity contribution in [3.05, 3.63) is 38.9 Å². The number of rotatable bonds is 6. The topological polar surface area (TPSA) is 75.4 Å². The van der Waals surface area contributed by atoms with Gasteiger partial charge in [-0.2, -0.15) is 0 Å². The van der Waals surface area contributed by atoms with Crippen LogP contribution in [-0.4, -0.2) is 22.7 Å². The number of aliphatic hydroxyl groups is 1. The number of benzene rings is 1. The van der Waals surface area contributed by atoms with E-state index in [1.165, 1.54) is 6.07 Å². The lowest BCUT2D eigenvalue weighted by Gasteiger charge is -2.22. The number of hydrogen-bond donors (Lipinski definition) is 2. The summed E-state index contributed by atoms with van der Waals surface area (Å²) in [6, 6.07) is 4.60. The zero-order valence-electron chi connectivity index (χ0n) is 12.0. The number of aliphatic hydroxyl groups excluding tert-OH is 1. The minimum atomic E-state index is -0.489. The second kappa shape index (κ2) is 7.02. The highest BCUT2D eigenvalue weighted by Gasteiger charge is 2.18. The molecule has 0 bridgehead atoms. The number of nitrogens with zero attached hydrogens (tertiary/aromatic N) is 1. The molecule has 1 aromatic carbocycles. The second-order valence-electron chi connectivity index (χ2n) is 6.04. The third kappa shape index (κ3) is 5.45. The highest BCUT2D eigenvalue weighted by atomic mass is 35.5. The SMILES string of the molecule is CC(C)(C)CC(O)CNCc1c(Cl)cccc1[N+](=O)[O-]. The van der Waals surface area contributed by atoms with Crippen LogP contribution in [0.1, 0.15) is 32.8 Å². The lowest BCUT2D eigenvalue weighted by molar-refractivity contribution is -0.385. The van der Waals surface area contributed by atoms with E-state index in [1.54, 1.807) is 12.1 Å². The van der Waals surface area contributed by atoms with Crippen LogP contribution >= 0.6 is 11.6 Å². The molecular formula is C14H21ClN2O3. The highest BCUT2D eigenvalue weighted by Crippen LogP contribution is 2.26. The predicted octanol–water partition coefficient (Wildman–Crippen LogP) is 3.13. The first-order valence-electron chi connectivity index (χ1n) is 6.51. The van der Waals surface area contributed by atoms with Crippen LogP contribution in [0.25, 0.3) is 0 Å². The van der Waals surface area contributed by atoms with E-state index in [4.69, 9.17) is 11.6 Å². The van der Waals surface area contributed by atoms with Gasteiger partial charge in [-0.15, -0.1) is 0 Å². The second-order valence-corrected chi connectivity index (χ2v) is 6.45. The van der Waals surface area contributed by atoms with E-state index in [-0.39, 0.29) is 17.6 Å². The molecule has 112 valence electrons. The van der Waals surface area contributed by atoms with Crippen LogP contribution in [0.4, 0.5) is 5.69 Å². The van der Waals surface area contributed by atoms with Crippen LogP contribution in [0, 0.1) is 15.5 Å². The molecule has 0 radical (unpaired) electrons. The van der Waals surface area contributed by atoms with Crippen molar-refractivity contribution in [1.29, 1.82) is 0 Å². The van der Waals surface area contributed by atoms with E-state index in [2.05, 4.69) is 26.1 Å². The number of hydrogen-bond acceptors (Lipinski definition) is 4. The number of nitro groups is 1. The van der Waals surface area contributed by atoms with Gasteiger partial charge in [0.05, 0.1) is 21.6 Å². The van der Waals surface area contributed by atoms with Gasteiger partial charge in [0.25, 0.3) is 5.69 Å². The third-order valence-corrected chi connectivity index (χ3v) is 3.17. The van der Waals surface area contributed by atoms with Crippen molar-refractivity contribution >= 4 is 17.3 Å². The Hall–Kier alpha value is -1.17. The summed E-state index contributed by atoms with van der Waals surface area (Å²) in [5.41, 5.74) is 0.481. The molecule has 0 aliphatic rings. The van der Waals surface area contributed by atoms with Gasteiger partial charge in [0.15, 0.2) is 0 Å². The standard InChI is InChI=1S/C14H21ClN2O3/c1-14(2,3)7-10(18)8-16-9-11-12(15)5-4-6-13(11)17(19)20/h4-6,10,16,18H,7-9H2,1-3H3. The minimum absolute atomic E-state index is 0.00434. The largest absolute Gasteiger partial charge is 0.392 e. The molecule has 0 saturated heterocycles. The molecule has 0 aliphatic carbocycles. The maximum Gasteiger partial charge on any atom is 0.275 e. The average molecular weight is 301 g/mol. The van der Waals surface area contributed by atoms with Gasteiger partial charge in [-0.1, -0.05) is 38.4 Å². The maximum absolute atomic E-state index is 10.9. The van der Waals surface area contributed by atoms with Crippen LogP contribution in [0.5, 0.6) is 0 Å². The van der Waals surface area contributed by atoms with Crippen molar-refractivity contribution in [3.8, 4) is 0 Å².